The first kappa shape index (κ1) is 28.8. The van der Waals surface area contributed by atoms with Crippen molar-refractivity contribution in [1.82, 2.24) is 30.5 Å². The van der Waals surface area contributed by atoms with Crippen molar-refractivity contribution in [1.29, 1.82) is 0 Å². The van der Waals surface area contributed by atoms with Crippen molar-refractivity contribution in [3.05, 3.63) is 34.4 Å². The van der Waals surface area contributed by atoms with E-state index in [1.165, 1.54) is 0 Å². The number of aromatic nitrogens is 4. The third-order valence-corrected chi connectivity index (χ3v) is 6.99. The van der Waals surface area contributed by atoms with E-state index in [-0.39, 0.29) is 52.3 Å². The van der Waals surface area contributed by atoms with Gasteiger partial charge in [-0.3, -0.25) is 9.59 Å². The molecular weight excluding hydrogens is 542 g/mol. The summed E-state index contributed by atoms with van der Waals surface area (Å²) in [7, 11) is 0. The second kappa shape index (κ2) is 12.3. The Hall–Kier alpha value is -4.17. The first-order valence-electron chi connectivity index (χ1n) is 13.0. The summed E-state index contributed by atoms with van der Waals surface area (Å²) < 4.78 is 9.49. The number of halogens is 1. The summed E-state index contributed by atoms with van der Waals surface area (Å²) in [5.41, 5.74) is 13.0. The normalized spacial score (nSPS) is 13.8. The Morgan fingerprint density at radius 3 is 2.55 bits per heavy atom. The Balaban J connectivity index is 1.72. The molecule has 1 fully saturated rings. The molecule has 4 rings (SSSR count). The van der Waals surface area contributed by atoms with Crippen molar-refractivity contribution in [3.8, 4) is 5.75 Å². The van der Waals surface area contributed by atoms with Gasteiger partial charge in [0, 0.05) is 18.2 Å². The molecule has 15 heteroatoms. The molecule has 1 aliphatic heterocycles. The topological polar surface area (TPSA) is 203 Å². The number of nitrogens with two attached hydrogens (primary N) is 2. The molecule has 14 nitrogen and oxygen atoms in total. The smallest absolute Gasteiger partial charge is 0.341 e. The molecule has 0 radical (unpaired) electrons. The molecule has 40 heavy (non-hydrogen) atoms. The number of nitrogens with zero attached hydrogens (tertiary/aromatic N) is 4. The monoisotopic (exact) mass is 574 g/mol. The van der Waals surface area contributed by atoms with Gasteiger partial charge in [-0.05, 0) is 39.8 Å². The molecule has 0 unspecified atom stereocenters. The molecule has 0 saturated carbocycles. The van der Waals surface area contributed by atoms with Crippen molar-refractivity contribution in [2.45, 2.75) is 52.4 Å². The molecule has 2 aromatic heterocycles. The first-order valence-corrected chi connectivity index (χ1v) is 13.3. The molecule has 3 heterocycles. The number of hydrogen-bond acceptors (Lipinski definition) is 9. The largest absolute Gasteiger partial charge is 0.481 e. The van der Waals surface area contributed by atoms with Crippen LogP contribution in [0.5, 0.6) is 5.75 Å². The molecule has 0 bridgehead atoms. The van der Waals surface area contributed by atoms with Crippen molar-refractivity contribution < 1.29 is 28.8 Å². The zero-order chi connectivity index (χ0) is 29.0. The number of benzene rings is 1. The molecular formula is C25H33ClN9O5+. The number of ether oxygens (including phenoxy) is 1. The Bertz CT molecular complexity index is 1450. The van der Waals surface area contributed by atoms with Crippen LogP contribution in [0.15, 0.2) is 12.1 Å². The number of carbonyl (C=O) groups excluding carboxylic acids is 2. The van der Waals surface area contributed by atoms with E-state index in [0.717, 1.165) is 37.3 Å². The number of carboxylic acids is 1. The number of aliphatic carboxylic acids is 1. The zero-order valence-electron chi connectivity index (χ0n) is 22.3. The number of anilines is 2. The summed E-state index contributed by atoms with van der Waals surface area (Å²) in [6, 6.07) is 3.37. The van der Waals surface area contributed by atoms with E-state index in [4.69, 9.17) is 27.8 Å². The van der Waals surface area contributed by atoms with Crippen LogP contribution in [0.1, 0.15) is 53.4 Å². The van der Waals surface area contributed by atoms with Gasteiger partial charge >= 0.3 is 5.97 Å². The molecule has 0 spiro atoms. The Morgan fingerprint density at radius 2 is 1.90 bits per heavy atom. The molecule has 3 aromatic rings. The second-order valence-corrected chi connectivity index (χ2v) is 9.60. The van der Waals surface area contributed by atoms with Crippen molar-refractivity contribution in [3.63, 3.8) is 0 Å². The van der Waals surface area contributed by atoms with E-state index in [0.29, 0.717) is 18.6 Å². The number of nitrogens with one attached hydrogen (secondary N) is 3. The predicted octanol–water partition coefficient (Wildman–Crippen LogP) is 0.452. The van der Waals surface area contributed by atoms with Gasteiger partial charge in [-0.25, -0.2) is 23.9 Å². The minimum atomic E-state index is -1.16. The number of amides is 2. The van der Waals surface area contributed by atoms with Crippen LogP contribution in [-0.4, -0.2) is 63.2 Å². The molecule has 0 atom stereocenters. The first-order chi connectivity index (χ1) is 19.1. The van der Waals surface area contributed by atoms with Crippen LogP contribution in [0.25, 0.3) is 11.0 Å². The lowest BCUT2D eigenvalue weighted by atomic mass is 10.1. The summed E-state index contributed by atoms with van der Waals surface area (Å²) in [4.78, 5) is 45.3. The molecule has 1 saturated heterocycles. The highest BCUT2D eigenvalue weighted by atomic mass is 35.5. The molecule has 2 amide bonds. The summed E-state index contributed by atoms with van der Waals surface area (Å²) in [5, 5.41) is 18.2. The van der Waals surface area contributed by atoms with Crippen LogP contribution in [0.3, 0.4) is 0 Å². The van der Waals surface area contributed by atoms with E-state index in [1.807, 2.05) is 23.0 Å². The number of imidazole rings is 1. The van der Waals surface area contributed by atoms with Crippen LogP contribution < -0.4 is 36.7 Å². The Labute approximate surface area is 235 Å². The number of carbonyl (C=O) groups is 3. The van der Waals surface area contributed by atoms with Gasteiger partial charge in [0.15, 0.2) is 40.1 Å². The summed E-state index contributed by atoms with van der Waals surface area (Å²) in [6.45, 7) is 6.00. The molecule has 1 aromatic carbocycles. The van der Waals surface area contributed by atoms with Gasteiger partial charge in [-0.1, -0.05) is 11.6 Å². The van der Waals surface area contributed by atoms with Crippen LogP contribution in [0, 0.1) is 0 Å². The van der Waals surface area contributed by atoms with E-state index in [9.17, 15) is 19.5 Å². The Morgan fingerprint density at radius 1 is 1.18 bits per heavy atom. The van der Waals surface area contributed by atoms with Gasteiger partial charge in [0.25, 0.3) is 17.6 Å². The average Bonchev–Trinajstić information content (AvgIpc) is 3.23. The average molecular weight is 575 g/mol. The lowest BCUT2D eigenvalue weighted by molar-refractivity contribution is -0.676. The van der Waals surface area contributed by atoms with E-state index in [2.05, 4.69) is 25.9 Å². The standard InChI is InChI=1S/C25H32ClN9O5/c1-3-34-15-9-14(24(38)31-13-5-7-29-8-6-13)17(40-12-19(36)37)10-16(15)35(4-2)18(34)11-30-25(39)20-22(27)33-23(28)21(26)32-20/h9-10,13,29H,3-8,11-12H2,1-2H3,(H6-,27,28,30,31,33,36,37,38,39)/p+1. The minimum Gasteiger partial charge on any atom is -0.481 e. The zero-order valence-corrected chi connectivity index (χ0v) is 23.0. The molecule has 214 valence electrons. The third-order valence-electron chi connectivity index (χ3n) is 6.71. The maximum Gasteiger partial charge on any atom is 0.341 e. The number of aryl methyl sites for hydroxylation is 2. The SMILES string of the molecule is CCn1c(CNC(=O)c2nc(Cl)c(N)nc2N)[n+](CC)c2cc(C(=O)NC3CCNCC3)c(OCC(=O)O)cc21. The fourth-order valence-electron chi connectivity index (χ4n) is 4.83. The summed E-state index contributed by atoms with van der Waals surface area (Å²) in [6.07, 6.45) is 1.58. The van der Waals surface area contributed by atoms with E-state index in [1.54, 1.807) is 12.1 Å². The van der Waals surface area contributed by atoms with Crippen LogP contribution in [0.4, 0.5) is 11.6 Å². The van der Waals surface area contributed by atoms with Crippen molar-refractivity contribution >= 4 is 52.1 Å². The lowest BCUT2D eigenvalue weighted by Crippen LogP contribution is -2.43. The van der Waals surface area contributed by atoms with Crippen molar-refractivity contribution in [2.24, 2.45) is 0 Å². The molecule has 8 N–H and O–H groups in total. The van der Waals surface area contributed by atoms with Gasteiger partial charge in [0.05, 0.1) is 18.7 Å². The number of nitrogen functional groups attached to an aromatic ring is 2. The fourth-order valence-corrected chi connectivity index (χ4v) is 4.95. The van der Waals surface area contributed by atoms with Gasteiger partial charge in [0.1, 0.15) is 12.3 Å². The van der Waals surface area contributed by atoms with Crippen molar-refractivity contribution in [2.75, 3.05) is 31.2 Å². The quantitative estimate of drug-likeness (QED) is 0.184. The van der Waals surface area contributed by atoms with Gasteiger partial charge < -0.3 is 37.3 Å². The maximum atomic E-state index is 13.4. The Kier molecular flexibility index (Phi) is 8.90. The number of rotatable bonds is 10. The third kappa shape index (κ3) is 6.02. The summed E-state index contributed by atoms with van der Waals surface area (Å²) in [5.74, 6) is -1.43. The van der Waals surface area contributed by atoms with Gasteiger partial charge in [-0.15, -0.1) is 0 Å². The maximum absolute atomic E-state index is 13.4. The number of fused-ring (bicyclic) bond motifs is 1. The van der Waals surface area contributed by atoms with Crippen LogP contribution in [-0.2, 0) is 24.4 Å². The molecule has 0 aliphatic carbocycles. The van der Waals surface area contributed by atoms with Gasteiger partial charge in [-0.2, -0.15) is 0 Å². The van der Waals surface area contributed by atoms with Crippen LogP contribution >= 0.6 is 11.6 Å². The van der Waals surface area contributed by atoms with E-state index >= 15 is 0 Å². The van der Waals surface area contributed by atoms with E-state index < -0.39 is 18.5 Å². The predicted molar refractivity (Wildman–Crippen MR) is 147 cm³/mol. The number of piperidine rings is 1. The number of carboxylic acid groups (broad SMARTS) is 1. The lowest BCUT2D eigenvalue weighted by Gasteiger charge is -2.24. The van der Waals surface area contributed by atoms with Crippen LogP contribution in [0.2, 0.25) is 5.15 Å². The van der Waals surface area contributed by atoms with Gasteiger partial charge in [0.2, 0.25) is 0 Å². The highest BCUT2D eigenvalue weighted by molar-refractivity contribution is 6.31. The second-order valence-electron chi connectivity index (χ2n) is 9.24. The minimum absolute atomic E-state index is 0.00143. The highest BCUT2D eigenvalue weighted by Gasteiger charge is 2.29. The highest BCUT2D eigenvalue weighted by Crippen LogP contribution is 2.27. The molecule has 1 aliphatic rings. The summed E-state index contributed by atoms with van der Waals surface area (Å²) >= 11 is 5.93. The number of hydrogen-bond donors (Lipinski definition) is 6. The fraction of sp³-hybridized carbons (Fsp3) is 0.440.